The van der Waals surface area contributed by atoms with E-state index in [4.69, 9.17) is 5.73 Å². The summed E-state index contributed by atoms with van der Waals surface area (Å²) in [5.41, 5.74) is 7.42. The second-order valence-corrected chi connectivity index (χ2v) is 4.79. The summed E-state index contributed by atoms with van der Waals surface area (Å²) in [7, 11) is 2.09. The number of carbonyl (C=O) groups excluding carboxylic acids is 1. The summed E-state index contributed by atoms with van der Waals surface area (Å²) in [6.07, 6.45) is 3.30. The van der Waals surface area contributed by atoms with Gasteiger partial charge in [0.05, 0.1) is 11.4 Å². The monoisotopic (exact) mass is 251 g/mol. The fourth-order valence-electron chi connectivity index (χ4n) is 1.96. The molecule has 0 atom stereocenters. The average molecular weight is 251 g/mol. The minimum absolute atomic E-state index is 0.201. The topological polar surface area (TPSA) is 87.0 Å². The zero-order valence-electron chi connectivity index (χ0n) is 11.0. The number of nitrogens with zero attached hydrogens (tertiary/aromatic N) is 2. The van der Waals surface area contributed by atoms with Gasteiger partial charge in [-0.1, -0.05) is 6.92 Å². The van der Waals surface area contributed by atoms with Gasteiger partial charge in [-0.3, -0.25) is 9.89 Å². The molecule has 6 heteroatoms. The van der Waals surface area contributed by atoms with Crippen molar-refractivity contribution in [3.63, 3.8) is 0 Å². The molecule has 0 unspecified atom stereocenters. The molecule has 100 valence electrons. The number of likely N-dealkylation sites (N-methyl/N-ethyl adjacent to an activating group) is 1. The lowest BCUT2D eigenvalue weighted by Gasteiger charge is -2.15. The van der Waals surface area contributed by atoms with Crippen molar-refractivity contribution in [2.24, 2.45) is 0 Å². The molecule has 0 saturated heterocycles. The van der Waals surface area contributed by atoms with Crippen molar-refractivity contribution in [2.45, 2.75) is 32.2 Å². The predicted octanol–water partition coefficient (Wildman–Crippen LogP) is 0.378. The highest BCUT2D eigenvalue weighted by atomic mass is 16.1. The molecular weight excluding hydrogens is 230 g/mol. The lowest BCUT2D eigenvalue weighted by molar-refractivity contribution is 0.0945. The van der Waals surface area contributed by atoms with E-state index in [0.29, 0.717) is 24.0 Å². The van der Waals surface area contributed by atoms with Crippen molar-refractivity contribution in [3.05, 3.63) is 11.4 Å². The van der Waals surface area contributed by atoms with E-state index in [1.807, 2.05) is 6.92 Å². The van der Waals surface area contributed by atoms with Crippen LogP contribution in [0.25, 0.3) is 0 Å². The quantitative estimate of drug-likeness (QED) is 0.682. The summed E-state index contributed by atoms with van der Waals surface area (Å²) in [5, 5.41) is 9.59. The van der Waals surface area contributed by atoms with Gasteiger partial charge in [-0.2, -0.15) is 5.10 Å². The van der Waals surface area contributed by atoms with Crippen LogP contribution in [0.15, 0.2) is 0 Å². The maximum Gasteiger partial charge on any atom is 0.273 e. The van der Waals surface area contributed by atoms with E-state index >= 15 is 0 Å². The number of amides is 1. The number of aryl methyl sites for hydroxylation is 1. The van der Waals surface area contributed by atoms with E-state index in [-0.39, 0.29) is 5.91 Å². The number of rotatable bonds is 6. The van der Waals surface area contributed by atoms with Gasteiger partial charge in [0.25, 0.3) is 5.91 Å². The standard InChI is InChI=1S/C12H21N5O/c1-3-9-10(13)11(16-15-9)12(18)14-6-7-17(2)8-4-5-8/h8H,3-7,13H2,1-2H3,(H,14,18)(H,15,16). The molecule has 1 amide bonds. The van der Waals surface area contributed by atoms with Crippen LogP contribution in [0.2, 0.25) is 0 Å². The Morgan fingerprint density at radius 2 is 2.33 bits per heavy atom. The summed E-state index contributed by atoms with van der Waals surface area (Å²) >= 11 is 0. The van der Waals surface area contributed by atoms with Crippen molar-refractivity contribution < 1.29 is 4.79 Å². The van der Waals surface area contributed by atoms with Crippen LogP contribution in [0.1, 0.15) is 35.9 Å². The number of nitrogens with one attached hydrogen (secondary N) is 2. The Labute approximate surface area is 107 Å². The maximum absolute atomic E-state index is 11.9. The van der Waals surface area contributed by atoms with Crippen LogP contribution in [-0.2, 0) is 6.42 Å². The first-order valence-electron chi connectivity index (χ1n) is 6.44. The molecule has 1 aliphatic carbocycles. The van der Waals surface area contributed by atoms with Crippen LogP contribution < -0.4 is 11.1 Å². The van der Waals surface area contributed by atoms with Crippen LogP contribution in [0.4, 0.5) is 5.69 Å². The summed E-state index contributed by atoms with van der Waals surface area (Å²) in [4.78, 5) is 14.1. The Morgan fingerprint density at radius 1 is 1.61 bits per heavy atom. The molecule has 1 aromatic heterocycles. The lowest BCUT2D eigenvalue weighted by atomic mass is 10.2. The van der Waals surface area contributed by atoms with Gasteiger partial charge in [0.1, 0.15) is 0 Å². The Bertz CT molecular complexity index is 424. The third kappa shape index (κ3) is 2.81. The van der Waals surface area contributed by atoms with Crippen molar-refractivity contribution >= 4 is 11.6 Å². The molecule has 1 fully saturated rings. The maximum atomic E-state index is 11.9. The van der Waals surface area contributed by atoms with E-state index in [0.717, 1.165) is 18.7 Å². The van der Waals surface area contributed by atoms with Gasteiger partial charge in [-0.15, -0.1) is 0 Å². The lowest BCUT2D eigenvalue weighted by Crippen LogP contribution is -2.34. The first-order valence-corrected chi connectivity index (χ1v) is 6.44. The van der Waals surface area contributed by atoms with E-state index in [2.05, 4.69) is 27.5 Å². The van der Waals surface area contributed by atoms with E-state index < -0.39 is 0 Å². The number of aromatic nitrogens is 2. The van der Waals surface area contributed by atoms with Gasteiger partial charge < -0.3 is 16.0 Å². The smallest absolute Gasteiger partial charge is 0.273 e. The molecule has 1 saturated carbocycles. The largest absolute Gasteiger partial charge is 0.395 e. The third-order valence-electron chi connectivity index (χ3n) is 3.37. The first-order chi connectivity index (χ1) is 8.63. The third-order valence-corrected chi connectivity index (χ3v) is 3.37. The normalized spacial score (nSPS) is 15.1. The summed E-state index contributed by atoms with van der Waals surface area (Å²) < 4.78 is 0. The van der Waals surface area contributed by atoms with E-state index in [1.165, 1.54) is 12.8 Å². The van der Waals surface area contributed by atoms with Gasteiger partial charge in [-0.05, 0) is 26.3 Å². The summed E-state index contributed by atoms with van der Waals surface area (Å²) in [6, 6.07) is 0.712. The number of carbonyl (C=O) groups is 1. The molecule has 6 nitrogen and oxygen atoms in total. The minimum Gasteiger partial charge on any atom is -0.395 e. The molecule has 0 aliphatic heterocycles. The highest BCUT2D eigenvalue weighted by Gasteiger charge is 2.25. The van der Waals surface area contributed by atoms with Crippen molar-refractivity contribution in [1.82, 2.24) is 20.4 Å². The number of anilines is 1. The molecule has 4 N–H and O–H groups in total. The molecule has 18 heavy (non-hydrogen) atoms. The first kappa shape index (κ1) is 12.9. The van der Waals surface area contributed by atoms with Crippen LogP contribution in [-0.4, -0.2) is 47.2 Å². The molecule has 0 spiro atoms. The van der Waals surface area contributed by atoms with Gasteiger partial charge >= 0.3 is 0 Å². The van der Waals surface area contributed by atoms with E-state index in [1.54, 1.807) is 0 Å². The fraction of sp³-hybridized carbons (Fsp3) is 0.667. The Balaban J connectivity index is 1.81. The van der Waals surface area contributed by atoms with E-state index in [9.17, 15) is 4.79 Å². The highest BCUT2D eigenvalue weighted by molar-refractivity contribution is 5.97. The number of aromatic amines is 1. The summed E-state index contributed by atoms with van der Waals surface area (Å²) in [5.74, 6) is -0.201. The summed E-state index contributed by atoms with van der Waals surface area (Å²) in [6.45, 7) is 3.46. The molecular formula is C12H21N5O. The SMILES string of the molecule is CCc1[nH]nc(C(=O)NCCN(C)C2CC2)c1N. The second-order valence-electron chi connectivity index (χ2n) is 4.79. The van der Waals surface area contributed by atoms with Crippen molar-refractivity contribution in [2.75, 3.05) is 25.9 Å². The van der Waals surface area contributed by atoms with Gasteiger partial charge in [0.15, 0.2) is 5.69 Å². The average Bonchev–Trinajstić information content (AvgIpc) is 3.13. The minimum atomic E-state index is -0.201. The number of nitrogen functional groups attached to an aromatic ring is 1. The number of hydrogen-bond acceptors (Lipinski definition) is 4. The highest BCUT2D eigenvalue weighted by Crippen LogP contribution is 2.24. The van der Waals surface area contributed by atoms with Crippen LogP contribution >= 0.6 is 0 Å². The molecule has 1 aromatic rings. The fourth-order valence-corrected chi connectivity index (χ4v) is 1.96. The predicted molar refractivity (Wildman–Crippen MR) is 70.4 cm³/mol. The Kier molecular flexibility index (Phi) is 3.86. The Morgan fingerprint density at radius 3 is 2.89 bits per heavy atom. The molecule has 1 aliphatic rings. The number of H-pyrrole nitrogens is 1. The number of hydrogen-bond donors (Lipinski definition) is 3. The number of nitrogens with two attached hydrogens (primary N) is 1. The van der Waals surface area contributed by atoms with Crippen molar-refractivity contribution in [1.29, 1.82) is 0 Å². The van der Waals surface area contributed by atoms with Crippen LogP contribution in [0.3, 0.4) is 0 Å². The molecule has 2 rings (SSSR count). The van der Waals surface area contributed by atoms with Gasteiger partial charge in [0.2, 0.25) is 0 Å². The zero-order valence-corrected chi connectivity index (χ0v) is 11.0. The van der Waals surface area contributed by atoms with Gasteiger partial charge in [0, 0.05) is 19.1 Å². The van der Waals surface area contributed by atoms with Gasteiger partial charge in [-0.25, -0.2) is 0 Å². The second kappa shape index (κ2) is 5.39. The van der Waals surface area contributed by atoms with Crippen LogP contribution in [0, 0.1) is 0 Å². The van der Waals surface area contributed by atoms with Crippen LogP contribution in [0.5, 0.6) is 0 Å². The Hall–Kier alpha value is -1.56. The molecule has 1 heterocycles. The van der Waals surface area contributed by atoms with Crippen molar-refractivity contribution in [3.8, 4) is 0 Å². The zero-order chi connectivity index (χ0) is 13.1. The molecule has 0 aromatic carbocycles. The molecule has 0 radical (unpaired) electrons. The molecule has 0 bridgehead atoms.